The van der Waals surface area contributed by atoms with Crippen molar-refractivity contribution in [3.8, 4) is 0 Å². The molecule has 0 radical (unpaired) electrons. The predicted molar refractivity (Wildman–Crippen MR) is 158 cm³/mol. The zero-order valence-electron chi connectivity index (χ0n) is 26.6. The van der Waals surface area contributed by atoms with E-state index in [4.69, 9.17) is 0 Å². The number of hydrogen-bond acceptors (Lipinski definition) is 8. The van der Waals surface area contributed by atoms with Crippen LogP contribution in [0.2, 0.25) is 0 Å². The molecule has 0 spiro atoms. The van der Waals surface area contributed by atoms with Crippen molar-refractivity contribution < 1.29 is 20.3 Å². The maximum Gasteiger partial charge on any atom is 1.00 e. The van der Waals surface area contributed by atoms with Crippen LogP contribution in [0.15, 0.2) is 0 Å². The maximum absolute atomic E-state index is 4.26. The van der Waals surface area contributed by atoms with Crippen LogP contribution < -0.4 is 61.4 Å². The molecule has 0 aromatic rings. The van der Waals surface area contributed by atoms with Gasteiger partial charge in [-0.25, -0.2) is 0 Å². The number of nitrogens with one attached hydrogen (secondary N) is 8. The molecule has 8 unspecified atom stereocenters. The maximum atomic E-state index is 4.26. The smallest absolute Gasteiger partial charge is 1.00 e. The summed E-state index contributed by atoms with van der Waals surface area (Å²) in [6.45, 7) is 0. The molecular weight excluding hydrogens is 503 g/mol. The Labute approximate surface area is 261 Å². The van der Waals surface area contributed by atoms with Gasteiger partial charge >= 0.3 is 18.9 Å². The summed E-state index contributed by atoms with van der Waals surface area (Å²) in [6, 6.07) is 0. The van der Waals surface area contributed by atoms with E-state index in [1.54, 1.807) is 0 Å². The first-order valence-electron chi connectivity index (χ1n) is 17.9. The molecule has 8 N–H and O–H groups in total. The Morgan fingerprint density at radius 3 is 0.488 bits per heavy atom. The van der Waals surface area contributed by atoms with E-state index >= 15 is 0 Å². The summed E-state index contributed by atoms with van der Waals surface area (Å²) in [6.07, 6.45) is 25.6. The second-order valence-electron chi connectivity index (χ2n) is 15.6. The summed E-state index contributed by atoms with van der Waals surface area (Å²) in [5.74, 6) is 5.97. The quantitative estimate of drug-likeness (QED) is 0.192. The van der Waals surface area contributed by atoms with Crippen LogP contribution in [0.3, 0.4) is 0 Å². The van der Waals surface area contributed by atoms with Crippen molar-refractivity contribution in [2.24, 2.45) is 47.3 Å². The Morgan fingerprint density at radius 1 is 0.244 bits per heavy atom. The molecule has 9 rings (SSSR count). The van der Waals surface area contributed by atoms with Crippen LogP contribution in [0.1, 0.15) is 104 Å². The molecule has 0 aromatic heterocycles. The van der Waals surface area contributed by atoms with Crippen molar-refractivity contribution in [3.05, 3.63) is 0 Å². The molecule has 9 fully saturated rings. The summed E-state index contributed by atoms with van der Waals surface area (Å²) < 4.78 is 0. The van der Waals surface area contributed by atoms with E-state index in [1.165, 1.54) is 103 Å². The van der Waals surface area contributed by atoms with Gasteiger partial charge in [0, 0.05) is 0 Å². The topological polar surface area (TPSA) is 96.2 Å². The zero-order valence-corrected chi connectivity index (χ0v) is 25.6. The van der Waals surface area contributed by atoms with E-state index in [0.29, 0.717) is 49.3 Å². The molecule has 8 atom stereocenters. The molecule has 4 saturated carbocycles. The molecule has 8 nitrogen and oxygen atoms in total. The van der Waals surface area contributed by atoms with Gasteiger partial charge in [0.25, 0.3) is 0 Å². The zero-order chi connectivity index (χ0) is 26.2. The normalized spacial score (nSPS) is 56.2. The first kappa shape index (κ1) is 28.7. The van der Waals surface area contributed by atoms with Crippen molar-refractivity contribution in [2.75, 3.05) is 0 Å². The standard InChI is InChI=1S/C32H56N8.Li.H/c1-2-10-18-17(9-1)25-33-26(18)38-28-21-13-5-6-14-22(21)30(35-28)40-32-24-16-8-7-15-23(24)31(36-32)39-29-20-12-4-3-11-19(20)27(34-29)37-25;;/h17-40H,1-16H2;;/q;+1;-1. The number of fused-ring (bicyclic) bond motifs is 20. The molecule has 5 saturated heterocycles. The Kier molecular flexibility index (Phi) is 8.33. The van der Waals surface area contributed by atoms with Crippen LogP contribution in [-0.2, 0) is 0 Å². The monoisotopic (exact) mass is 560 g/mol. The molecule has 0 amide bonds. The molecular formula is C32H57LiN8. The minimum Gasteiger partial charge on any atom is -1.00 e. The van der Waals surface area contributed by atoms with Crippen LogP contribution in [0, 0.1) is 47.3 Å². The van der Waals surface area contributed by atoms with E-state index in [0.717, 1.165) is 47.3 Å². The van der Waals surface area contributed by atoms with Crippen molar-refractivity contribution >= 4 is 0 Å². The van der Waals surface area contributed by atoms with Gasteiger partial charge in [0.05, 0.1) is 49.3 Å². The molecule has 0 aromatic carbocycles. The molecule has 41 heavy (non-hydrogen) atoms. The van der Waals surface area contributed by atoms with Gasteiger partial charge in [-0.3, -0.25) is 42.5 Å². The van der Waals surface area contributed by atoms with Gasteiger partial charge in [0.2, 0.25) is 0 Å². The van der Waals surface area contributed by atoms with Crippen LogP contribution >= 0.6 is 0 Å². The van der Waals surface area contributed by atoms with E-state index in [-0.39, 0.29) is 20.3 Å². The number of rotatable bonds is 0. The van der Waals surface area contributed by atoms with Crippen LogP contribution in [-0.4, -0.2) is 49.3 Å². The molecule has 8 bridgehead atoms. The Hall–Kier alpha value is 0.277. The Balaban J connectivity index is 0.00000144. The van der Waals surface area contributed by atoms with E-state index in [2.05, 4.69) is 42.5 Å². The summed E-state index contributed by atoms with van der Waals surface area (Å²) in [5, 5.41) is 33.8. The molecule has 9 heteroatoms. The van der Waals surface area contributed by atoms with Crippen LogP contribution in [0.25, 0.3) is 0 Å². The summed E-state index contributed by atoms with van der Waals surface area (Å²) in [7, 11) is 0. The van der Waals surface area contributed by atoms with Gasteiger partial charge in [-0.15, -0.1) is 0 Å². The molecule has 9 aliphatic rings. The largest absolute Gasteiger partial charge is 1.00 e. The first-order valence-corrected chi connectivity index (χ1v) is 17.9. The summed E-state index contributed by atoms with van der Waals surface area (Å²) in [4.78, 5) is 0. The fourth-order valence-electron chi connectivity index (χ4n) is 12.0. The van der Waals surface area contributed by atoms with Gasteiger partial charge in [-0.2, -0.15) is 0 Å². The van der Waals surface area contributed by atoms with Crippen LogP contribution in [0.5, 0.6) is 0 Å². The fourth-order valence-corrected chi connectivity index (χ4v) is 12.0. The minimum absolute atomic E-state index is 0. The Morgan fingerprint density at radius 2 is 0.366 bits per heavy atom. The summed E-state index contributed by atoms with van der Waals surface area (Å²) in [5.41, 5.74) is 0. The minimum atomic E-state index is 0. The third-order valence-corrected chi connectivity index (χ3v) is 13.8. The molecule has 5 heterocycles. The van der Waals surface area contributed by atoms with E-state index in [9.17, 15) is 0 Å². The first-order chi connectivity index (χ1) is 19.8. The summed E-state index contributed by atoms with van der Waals surface area (Å²) >= 11 is 0. The van der Waals surface area contributed by atoms with Crippen molar-refractivity contribution in [1.29, 1.82) is 0 Å². The van der Waals surface area contributed by atoms with Crippen LogP contribution in [0.4, 0.5) is 0 Å². The van der Waals surface area contributed by atoms with Gasteiger partial charge in [0.15, 0.2) is 0 Å². The van der Waals surface area contributed by atoms with Gasteiger partial charge < -0.3 is 1.43 Å². The average molecular weight is 561 g/mol. The average Bonchev–Trinajstić information content (AvgIpc) is 3.73. The van der Waals surface area contributed by atoms with Gasteiger partial charge in [0.1, 0.15) is 0 Å². The second kappa shape index (κ2) is 11.9. The fraction of sp³-hybridized carbons (Fsp3) is 1.00. The third kappa shape index (κ3) is 5.03. The predicted octanol–water partition coefficient (Wildman–Crippen LogP) is -0.278. The molecule has 226 valence electrons. The van der Waals surface area contributed by atoms with Crippen molar-refractivity contribution in [3.63, 3.8) is 0 Å². The second-order valence-corrected chi connectivity index (χ2v) is 15.6. The van der Waals surface area contributed by atoms with Gasteiger partial charge in [-0.05, 0) is 98.7 Å². The van der Waals surface area contributed by atoms with Crippen molar-refractivity contribution in [2.45, 2.75) is 152 Å². The Bertz CT molecular complexity index is 723. The molecule has 5 aliphatic heterocycles. The third-order valence-electron chi connectivity index (χ3n) is 13.8. The molecule has 4 aliphatic carbocycles. The van der Waals surface area contributed by atoms with Crippen molar-refractivity contribution in [1.82, 2.24) is 42.5 Å². The van der Waals surface area contributed by atoms with E-state index in [1.807, 2.05) is 0 Å². The SMILES string of the molecule is C1CCC2C3NC(NC4NC(NC5NC(NC6NC(N3)C3CCCCC63)C3CCCCC53)C3CCCCC43)C2C1.[H-].[Li+]. The number of hydrogen-bond donors (Lipinski definition) is 8. The van der Waals surface area contributed by atoms with E-state index < -0.39 is 0 Å². The van der Waals surface area contributed by atoms with Gasteiger partial charge in [-0.1, -0.05) is 51.4 Å².